The SMILES string of the molecule is COc1cc(/C=C2\C(=O)N(c3ccccc3)N=C2C(F)(F)F)cc(I)c1OC. The van der Waals surface area contributed by atoms with Gasteiger partial charge >= 0.3 is 6.18 Å². The molecule has 0 aliphatic carbocycles. The average Bonchev–Trinajstić information content (AvgIpc) is 2.98. The third kappa shape index (κ3) is 3.84. The zero-order valence-electron chi connectivity index (χ0n) is 14.7. The van der Waals surface area contributed by atoms with Gasteiger partial charge in [0.05, 0.1) is 29.1 Å². The predicted molar refractivity (Wildman–Crippen MR) is 108 cm³/mol. The maximum Gasteiger partial charge on any atom is 0.435 e. The molecule has 28 heavy (non-hydrogen) atoms. The van der Waals surface area contributed by atoms with Crippen LogP contribution in [0.1, 0.15) is 5.56 Å². The molecule has 1 aliphatic heterocycles. The minimum atomic E-state index is -4.78. The van der Waals surface area contributed by atoms with Crippen LogP contribution < -0.4 is 14.5 Å². The maximum atomic E-state index is 13.5. The second kappa shape index (κ2) is 7.82. The van der Waals surface area contributed by atoms with Crippen molar-refractivity contribution in [3.05, 3.63) is 57.2 Å². The van der Waals surface area contributed by atoms with Crippen LogP contribution in [0.3, 0.4) is 0 Å². The number of ether oxygens (including phenoxy) is 2. The third-order valence-electron chi connectivity index (χ3n) is 3.91. The van der Waals surface area contributed by atoms with Crippen LogP contribution in [0.4, 0.5) is 18.9 Å². The number of carbonyl (C=O) groups excluding carboxylic acids is 1. The number of hydrogen-bond acceptors (Lipinski definition) is 4. The molecule has 1 aliphatic rings. The minimum Gasteiger partial charge on any atom is -0.493 e. The van der Waals surface area contributed by atoms with Crippen molar-refractivity contribution in [2.75, 3.05) is 19.2 Å². The number of hydrazone groups is 1. The molecule has 0 spiro atoms. The van der Waals surface area contributed by atoms with E-state index in [2.05, 4.69) is 5.10 Å². The largest absolute Gasteiger partial charge is 0.493 e. The Morgan fingerprint density at radius 1 is 1.11 bits per heavy atom. The molecule has 0 saturated heterocycles. The summed E-state index contributed by atoms with van der Waals surface area (Å²) in [6, 6.07) is 11.0. The first-order valence-electron chi connectivity index (χ1n) is 7.95. The van der Waals surface area contributed by atoms with Crippen molar-refractivity contribution in [1.82, 2.24) is 0 Å². The van der Waals surface area contributed by atoms with Gasteiger partial charge < -0.3 is 9.47 Å². The highest BCUT2D eigenvalue weighted by molar-refractivity contribution is 14.1. The molecule has 0 N–H and O–H groups in total. The monoisotopic (exact) mass is 502 g/mol. The Bertz CT molecular complexity index is 972. The predicted octanol–water partition coefficient (Wildman–Crippen LogP) is 4.66. The van der Waals surface area contributed by atoms with Gasteiger partial charge in [0.25, 0.3) is 5.91 Å². The molecule has 0 aromatic heterocycles. The van der Waals surface area contributed by atoms with Gasteiger partial charge in [-0.2, -0.15) is 23.3 Å². The number of benzene rings is 2. The molecule has 0 radical (unpaired) electrons. The van der Waals surface area contributed by atoms with Crippen molar-refractivity contribution in [2.45, 2.75) is 6.18 Å². The van der Waals surface area contributed by atoms with Gasteiger partial charge in [-0.3, -0.25) is 4.79 Å². The fourth-order valence-electron chi connectivity index (χ4n) is 2.69. The van der Waals surface area contributed by atoms with Gasteiger partial charge in [0.1, 0.15) is 0 Å². The molecule has 0 atom stereocenters. The van der Waals surface area contributed by atoms with Crippen molar-refractivity contribution in [3.8, 4) is 11.5 Å². The Kier molecular flexibility index (Phi) is 5.64. The molecule has 0 fully saturated rings. The highest BCUT2D eigenvalue weighted by atomic mass is 127. The quantitative estimate of drug-likeness (QED) is 0.452. The molecular formula is C19H14F3IN2O3. The second-order valence-corrected chi connectivity index (χ2v) is 6.86. The Morgan fingerprint density at radius 3 is 2.36 bits per heavy atom. The molecular weight excluding hydrogens is 488 g/mol. The van der Waals surface area contributed by atoms with E-state index in [4.69, 9.17) is 9.47 Å². The van der Waals surface area contributed by atoms with Crippen LogP contribution in [0, 0.1) is 3.57 Å². The number of para-hydroxylation sites is 1. The molecule has 1 amide bonds. The van der Waals surface area contributed by atoms with Gasteiger partial charge in [-0.15, -0.1) is 0 Å². The molecule has 0 unspecified atom stereocenters. The molecule has 2 aromatic rings. The van der Waals surface area contributed by atoms with E-state index in [-0.39, 0.29) is 5.69 Å². The van der Waals surface area contributed by atoms with Gasteiger partial charge in [-0.05, 0) is 58.5 Å². The first-order chi connectivity index (χ1) is 13.3. The van der Waals surface area contributed by atoms with Crippen LogP contribution in [-0.4, -0.2) is 32.0 Å². The summed E-state index contributed by atoms with van der Waals surface area (Å²) in [6.07, 6.45) is -3.63. The molecule has 1 heterocycles. The summed E-state index contributed by atoms with van der Waals surface area (Å²) in [5, 5.41) is 4.29. The average molecular weight is 502 g/mol. The number of anilines is 1. The van der Waals surface area contributed by atoms with Crippen LogP contribution in [0.2, 0.25) is 0 Å². The van der Waals surface area contributed by atoms with Gasteiger partial charge in [0.2, 0.25) is 0 Å². The van der Waals surface area contributed by atoms with Crippen molar-refractivity contribution >= 4 is 46.0 Å². The zero-order chi connectivity index (χ0) is 20.5. The van der Waals surface area contributed by atoms with Crippen molar-refractivity contribution in [3.63, 3.8) is 0 Å². The fraction of sp³-hybridized carbons (Fsp3) is 0.158. The number of alkyl halides is 3. The third-order valence-corrected chi connectivity index (χ3v) is 4.72. The van der Waals surface area contributed by atoms with E-state index in [0.717, 1.165) is 11.1 Å². The summed E-state index contributed by atoms with van der Waals surface area (Å²) in [4.78, 5) is 12.7. The Balaban J connectivity index is 2.11. The van der Waals surface area contributed by atoms with Crippen molar-refractivity contribution < 1.29 is 27.4 Å². The molecule has 3 rings (SSSR count). The lowest BCUT2D eigenvalue weighted by Crippen LogP contribution is -2.25. The van der Waals surface area contributed by atoms with E-state index in [1.54, 1.807) is 24.3 Å². The molecule has 2 aromatic carbocycles. The summed E-state index contributed by atoms with van der Waals surface area (Å²) in [6.45, 7) is 0. The van der Waals surface area contributed by atoms with Gasteiger partial charge in [-0.1, -0.05) is 18.2 Å². The van der Waals surface area contributed by atoms with Crippen molar-refractivity contribution in [1.29, 1.82) is 0 Å². The lowest BCUT2D eigenvalue weighted by Gasteiger charge is -2.12. The van der Waals surface area contributed by atoms with Crippen molar-refractivity contribution in [2.24, 2.45) is 5.10 Å². The smallest absolute Gasteiger partial charge is 0.435 e. The number of methoxy groups -OCH3 is 2. The van der Waals surface area contributed by atoms with Crippen LogP contribution in [-0.2, 0) is 4.79 Å². The number of nitrogens with zero attached hydrogens (tertiary/aromatic N) is 2. The standard InChI is InChI=1S/C19H14F3IN2O3/c1-27-15-10-11(9-14(23)16(15)28-2)8-13-17(19(20,21)22)24-25(18(13)26)12-6-4-3-5-7-12/h3-10H,1-2H3/b13-8-. The van der Waals surface area contributed by atoms with E-state index in [0.29, 0.717) is 20.6 Å². The molecule has 9 heteroatoms. The first-order valence-corrected chi connectivity index (χ1v) is 9.03. The summed E-state index contributed by atoms with van der Waals surface area (Å²) in [7, 11) is 2.89. The summed E-state index contributed by atoms with van der Waals surface area (Å²) in [5.74, 6) is -0.0564. The van der Waals surface area contributed by atoms with Gasteiger partial charge in [0, 0.05) is 0 Å². The summed E-state index contributed by atoms with van der Waals surface area (Å²) < 4.78 is 51.7. The van der Waals surface area contributed by atoms with E-state index >= 15 is 0 Å². The minimum absolute atomic E-state index is 0.250. The highest BCUT2D eigenvalue weighted by Crippen LogP contribution is 2.36. The number of carbonyl (C=O) groups is 1. The Morgan fingerprint density at radius 2 is 1.79 bits per heavy atom. The fourth-order valence-corrected chi connectivity index (χ4v) is 3.53. The molecule has 0 bridgehead atoms. The summed E-state index contributed by atoms with van der Waals surface area (Å²) in [5.41, 5.74) is -1.18. The normalized spacial score (nSPS) is 15.8. The van der Waals surface area contributed by atoms with Gasteiger partial charge in [-0.25, -0.2) is 0 Å². The maximum absolute atomic E-state index is 13.5. The van der Waals surface area contributed by atoms with E-state index < -0.39 is 23.4 Å². The zero-order valence-corrected chi connectivity index (χ0v) is 16.9. The number of amides is 1. The van der Waals surface area contributed by atoms with Crippen LogP contribution >= 0.6 is 22.6 Å². The number of rotatable bonds is 4. The topological polar surface area (TPSA) is 51.1 Å². The molecule has 146 valence electrons. The van der Waals surface area contributed by atoms with Crippen LogP contribution in [0.15, 0.2) is 53.1 Å². The number of hydrogen-bond donors (Lipinski definition) is 0. The highest BCUT2D eigenvalue weighted by Gasteiger charge is 2.46. The molecule has 5 nitrogen and oxygen atoms in total. The van der Waals surface area contributed by atoms with Crippen LogP contribution in [0.5, 0.6) is 11.5 Å². The van der Waals surface area contributed by atoms with Crippen LogP contribution in [0.25, 0.3) is 6.08 Å². The second-order valence-electron chi connectivity index (χ2n) is 5.70. The lowest BCUT2D eigenvalue weighted by atomic mass is 10.1. The summed E-state index contributed by atoms with van der Waals surface area (Å²) >= 11 is 1.98. The van der Waals surface area contributed by atoms with E-state index in [1.807, 2.05) is 22.6 Å². The number of halogens is 4. The Hall–Kier alpha value is -2.56. The first kappa shape index (κ1) is 20.2. The Labute approximate surface area is 172 Å². The van der Waals surface area contributed by atoms with E-state index in [9.17, 15) is 18.0 Å². The molecule has 0 saturated carbocycles. The van der Waals surface area contributed by atoms with Gasteiger partial charge in [0.15, 0.2) is 17.2 Å². The lowest BCUT2D eigenvalue weighted by molar-refractivity contribution is -0.114. The van der Waals surface area contributed by atoms with E-state index in [1.165, 1.54) is 32.4 Å².